The second kappa shape index (κ2) is 10.9. The number of hydrogen-bond acceptors (Lipinski definition) is 5. The predicted molar refractivity (Wildman–Crippen MR) is 118 cm³/mol. The molecule has 2 aromatic rings. The zero-order valence-electron chi connectivity index (χ0n) is 15.2. The van der Waals surface area contributed by atoms with Crippen molar-refractivity contribution in [1.82, 2.24) is 0 Å². The fraction of sp³-hybridized carbons (Fsp3) is 0.150. The highest BCUT2D eigenvalue weighted by atomic mass is 127. The molecule has 0 atom stereocenters. The van der Waals surface area contributed by atoms with E-state index in [1.807, 2.05) is 28.7 Å². The number of nitriles is 1. The van der Waals surface area contributed by atoms with Gasteiger partial charge < -0.3 is 14.8 Å². The molecule has 0 aliphatic carbocycles. The van der Waals surface area contributed by atoms with Crippen molar-refractivity contribution >= 4 is 62.2 Å². The summed E-state index contributed by atoms with van der Waals surface area (Å²) in [4.78, 5) is 23.8. The lowest BCUT2D eigenvalue weighted by atomic mass is 10.1. The molecule has 9 heteroatoms. The number of ether oxygens (including phenoxy) is 2. The molecule has 6 nitrogen and oxygen atoms in total. The summed E-state index contributed by atoms with van der Waals surface area (Å²) in [5, 5.41) is 11.7. The van der Waals surface area contributed by atoms with Gasteiger partial charge in [-0.05, 0) is 81.3 Å². The molecule has 0 fully saturated rings. The van der Waals surface area contributed by atoms with Gasteiger partial charge in [-0.1, -0.05) is 12.1 Å². The number of halogens is 3. The van der Waals surface area contributed by atoms with Gasteiger partial charge >= 0.3 is 5.97 Å². The number of carbonyl (C=O) groups excluding carboxylic acids is 2. The second-order valence-electron chi connectivity index (χ2n) is 5.51. The Kier molecular flexibility index (Phi) is 8.60. The molecule has 0 bridgehead atoms. The van der Waals surface area contributed by atoms with Crippen molar-refractivity contribution in [1.29, 1.82) is 5.26 Å². The van der Waals surface area contributed by atoms with Gasteiger partial charge in [0.15, 0.2) is 6.61 Å². The lowest BCUT2D eigenvalue weighted by molar-refractivity contribution is -0.145. The second-order valence-corrected chi connectivity index (χ2v) is 7.53. The van der Waals surface area contributed by atoms with Crippen LogP contribution in [0.25, 0.3) is 6.08 Å². The Bertz CT molecular complexity index is 981. The van der Waals surface area contributed by atoms with Crippen molar-refractivity contribution in [2.45, 2.75) is 6.92 Å². The van der Waals surface area contributed by atoms with E-state index in [0.717, 1.165) is 0 Å². The Morgan fingerprint density at radius 3 is 2.69 bits per heavy atom. The van der Waals surface area contributed by atoms with Crippen LogP contribution >= 0.6 is 38.5 Å². The Morgan fingerprint density at radius 1 is 1.34 bits per heavy atom. The summed E-state index contributed by atoms with van der Waals surface area (Å²) in [5.41, 5.74) is 0.332. The highest BCUT2D eigenvalue weighted by molar-refractivity contribution is 14.1. The molecule has 0 aliphatic rings. The van der Waals surface area contributed by atoms with Crippen LogP contribution in [0.5, 0.6) is 5.75 Å². The minimum atomic E-state index is -0.730. The number of anilines is 1. The molecule has 0 heterocycles. The van der Waals surface area contributed by atoms with Gasteiger partial charge in [-0.25, -0.2) is 9.18 Å². The maximum atomic E-state index is 13.7. The molecule has 0 spiro atoms. The number of nitrogens with one attached hydrogen (secondary N) is 1. The van der Waals surface area contributed by atoms with Crippen molar-refractivity contribution in [2.24, 2.45) is 0 Å². The van der Waals surface area contributed by atoms with Gasteiger partial charge in [0.05, 0.1) is 20.3 Å². The average Bonchev–Trinajstić information content (AvgIpc) is 2.67. The van der Waals surface area contributed by atoms with E-state index in [9.17, 15) is 19.2 Å². The molecule has 150 valence electrons. The number of esters is 1. The van der Waals surface area contributed by atoms with E-state index in [0.29, 0.717) is 19.4 Å². The molecule has 2 aromatic carbocycles. The van der Waals surface area contributed by atoms with Crippen LogP contribution in [-0.2, 0) is 14.3 Å². The molecular formula is C20H15BrFIN2O4. The number of amides is 1. The summed E-state index contributed by atoms with van der Waals surface area (Å²) >= 11 is 5.36. The van der Waals surface area contributed by atoms with Crippen LogP contribution in [0.3, 0.4) is 0 Å². The summed E-state index contributed by atoms with van der Waals surface area (Å²) < 4.78 is 25.2. The quantitative estimate of drug-likeness (QED) is 0.225. The lowest BCUT2D eigenvalue weighted by Crippen LogP contribution is -2.15. The minimum Gasteiger partial charge on any atom is -0.480 e. The van der Waals surface area contributed by atoms with Crippen LogP contribution in [0, 0.1) is 20.7 Å². The third kappa shape index (κ3) is 6.54. The third-order valence-electron chi connectivity index (χ3n) is 3.46. The van der Waals surface area contributed by atoms with E-state index in [-0.39, 0.29) is 24.5 Å². The normalized spacial score (nSPS) is 10.8. The number of para-hydroxylation sites is 1. The van der Waals surface area contributed by atoms with E-state index in [4.69, 9.17) is 9.47 Å². The Morgan fingerprint density at radius 2 is 2.07 bits per heavy atom. The van der Waals surface area contributed by atoms with Crippen molar-refractivity contribution < 1.29 is 23.5 Å². The number of carbonyl (C=O) groups is 2. The third-order valence-corrected chi connectivity index (χ3v) is 4.85. The SMILES string of the molecule is CCOC(=O)COc1c(Br)cc(/C=C(/C#N)C(=O)Nc2ccccc2F)cc1I. The fourth-order valence-corrected chi connectivity index (χ4v) is 3.97. The zero-order chi connectivity index (χ0) is 21.4. The first-order valence-electron chi connectivity index (χ1n) is 8.30. The smallest absolute Gasteiger partial charge is 0.344 e. The summed E-state index contributed by atoms with van der Waals surface area (Å²) in [6.07, 6.45) is 1.37. The van der Waals surface area contributed by atoms with Crippen LogP contribution in [0.15, 0.2) is 46.4 Å². The van der Waals surface area contributed by atoms with E-state index < -0.39 is 17.7 Å². The predicted octanol–water partition coefficient (Wildman–Crippen LogP) is 4.68. The first kappa shape index (κ1) is 22.8. The Hall–Kier alpha value is -2.45. The Labute approximate surface area is 189 Å². The first-order valence-corrected chi connectivity index (χ1v) is 10.2. The van der Waals surface area contributed by atoms with Gasteiger partial charge in [-0.2, -0.15) is 5.26 Å². The first-order chi connectivity index (χ1) is 13.8. The monoisotopic (exact) mass is 572 g/mol. The highest BCUT2D eigenvalue weighted by Crippen LogP contribution is 2.33. The highest BCUT2D eigenvalue weighted by Gasteiger charge is 2.14. The van der Waals surface area contributed by atoms with Gasteiger partial charge in [0.1, 0.15) is 23.2 Å². The van der Waals surface area contributed by atoms with Crippen LogP contribution in [-0.4, -0.2) is 25.1 Å². The van der Waals surface area contributed by atoms with Gasteiger partial charge in [0.2, 0.25) is 0 Å². The fourth-order valence-electron chi connectivity index (χ4n) is 2.20. The van der Waals surface area contributed by atoms with Crippen molar-refractivity contribution in [3.8, 4) is 11.8 Å². The van der Waals surface area contributed by atoms with Crippen molar-refractivity contribution in [3.05, 3.63) is 61.4 Å². The molecule has 0 aliphatic heterocycles. The topological polar surface area (TPSA) is 88.4 Å². The van der Waals surface area contributed by atoms with Crippen LogP contribution in [0.1, 0.15) is 12.5 Å². The van der Waals surface area contributed by atoms with E-state index >= 15 is 0 Å². The molecule has 29 heavy (non-hydrogen) atoms. The van der Waals surface area contributed by atoms with Gasteiger partial charge in [0, 0.05) is 0 Å². The van der Waals surface area contributed by atoms with Gasteiger partial charge in [0.25, 0.3) is 5.91 Å². The lowest BCUT2D eigenvalue weighted by Gasteiger charge is -2.11. The number of nitrogens with zero attached hydrogens (tertiary/aromatic N) is 1. The summed E-state index contributed by atoms with van der Waals surface area (Å²) in [6.45, 7) is 1.72. The van der Waals surface area contributed by atoms with Crippen LogP contribution in [0.2, 0.25) is 0 Å². The van der Waals surface area contributed by atoms with Crippen molar-refractivity contribution in [2.75, 3.05) is 18.5 Å². The zero-order valence-corrected chi connectivity index (χ0v) is 18.9. The summed E-state index contributed by atoms with van der Waals surface area (Å²) in [7, 11) is 0. The summed E-state index contributed by atoms with van der Waals surface area (Å²) in [6, 6.07) is 10.8. The maximum absolute atomic E-state index is 13.7. The standard InChI is InChI=1S/C20H15BrFIN2O4/c1-2-28-18(26)11-29-19-14(21)8-12(9-16(19)23)7-13(10-24)20(27)25-17-6-4-3-5-15(17)22/h3-9H,2,11H2,1H3,(H,25,27)/b13-7-. The molecule has 0 aromatic heterocycles. The van der Waals surface area contributed by atoms with Gasteiger partial charge in [-0.15, -0.1) is 0 Å². The maximum Gasteiger partial charge on any atom is 0.344 e. The van der Waals surface area contributed by atoms with E-state index in [1.54, 1.807) is 25.1 Å². The largest absolute Gasteiger partial charge is 0.480 e. The molecule has 0 unspecified atom stereocenters. The van der Waals surface area contributed by atoms with Crippen molar-refractivity contribution in [3.63, 3.8) is 0 Å². The van der Waals surface area contributed by atoms with Crippen LogP contribution in [0.4, 0.5) is 10.1 Å². The van der Waals surface area contributed by atoms with Gasteiger partial charge in [-0.3, -0.25) is 4.79 Å². The van der Waals surface area contributed by atoms with Crippen LogP contribution < -0.4 is 10.1 Å². The summed E-state index contributed by atoms with van der Waals surface area (Å²) in [5.74, 6) is -1.38. The number of benzene rings is 2. The van der Waals surface area contributed by atoms with E-state index in [2.05, 4.69) is 21.2 Å². The number of hydrogen-bond donors (Lipinski definition) is 1. The number of rotatable bonds is 7. The molecule has 0 radical (unpaired) electrons. The molecule has 1 N–H and O–H groups in total. The molecule has 0 saturated heterocycles. The average molecular weight is 573 g/mol. The molecule has 0 saturated carbocycles. The molecule has 1 amide bonds. The molecule has 2 rings (SSSR count). The Balaban J connectivity index is 2.21. The molecular weight excluding hydrogens is 558 g/mol. The van der Waals surface area contributed by atoms with E-state index in [1.165, 1.54) is 24.3 Å². The minimum absolute atomic E-state index is 0.0166.